The molecule has 0 aromatic heterocycles. The summed E-state index contributed by atoms with van der Waals surface area (Å²) in [6, 6.07) is 3.60. The molecule has 104 valence electrons. The molecule has 0 fully saturated rings. The summed E-state index contributed by atoms with van der Waals surface area (Å²) < 4.78 is 18.0. The van der Waals surface area contributed by atoms with E-state index >= 15 is 0 Å². The largest absolute Gasteiger partial charge is 0.465 e. The van der Waals surface area contributed by atoms with Crippen molar-refractivity contribution >= 4 is 17.6 Å². The molecule has 0 unspecified atom stereocenters. The van der Waals surface area contributed by atoms with Crippen molar-refractivity contribution in [1.29, 1.82) is 0 Å². The highest BCUT2D eigenvalue weighted by Crippen LogP contribution is 2.17. The van der Waals surface area contributed by atoms with Gasteiger partial charge in [-0.2, -0.15) is 0 Å². The first-order valence-electron chi connectivity index (χ1n) is 5.87. The van der Waals surface area contributed by atoms with Crippen molar-refractivity contribution in [2.75, 3.05) is 19.0 Å². The number of halogens is 1. The van der Waals surface area contributed by atoms with Gasteiger partial charge in [0.2, 0.25) is 5.91 Å². The minimum atomic E-state index is -0.622. The average Bonchev–Trinajstić information content (AvgIpc) is 2.40. The Labute approximate surface area is 110 Å². The predicted octanol–water partition coefficient (Wildman–Crippen LogP) is 1.71. The molecule has 0 aliphatic rings. The van der Waals surface area contributed by atoms with Gasteiger partial charge in [-0.05, 0) is 31.0 Å². The first-order valence-corrected chi connectivity index (χ1v) is 5.87. The monoisotopic (exact) mass is 269 g/mol. The highest BCUT2D eigenvalue weighted by molar-refractivity contribution is 5.94. The quantitative estimate of drug-likeness (QED) is 0.609. The third-order valence-electron chi connectivity index (χ3n) is 2.47. The number of aliphatic hydroxyl groups excluding tert-OH is 1. The molecule has 1 aromatic carbocycles. The highest BCUT2D eigenvalue weighted by atomic mass is 19.1. The van der Waals surface area contributed by atoms with Gasteiger partial charge in [-0.15, -0.1) is 0 Å². The number of unbranched alkanes of at least 4 members (excludes halogenated alkanes) is 1. The number of aliphatic hydroxyl groups is 1. The number of carbonyl (C=O) groups is 2. The van der Waals surface area contributed by atoms with E-state index in [2.05, 4.69) is 10.1 Å². The van der Waals surface area contributed by atoms with Gasteiger partial charge in [0.05, 0.1) is 18.4 Å². The van der Waals surface area contributed by atoms with Crippen LogP contribution >= 0.6 is 0 Å². The summed E-state index contributed by atoms with van der Waals surface area (Å²) in [4.78, 5) is 22.8. The number of esters is 1. The second-order valence-corrected chi connectivity index (χ2v) is 3.92. The zero-order valence-corrected chi connectivity index (χ0v) is 10.6. The van der Waals surface area contributed by atoms with Crippen molar-refractivity contribution in [3.05, 3.63) is 29.6 Å². The van der Waals surface area contributed by atoms with E-state index in [0.717, 1.165) is 6.07 Å². The molecule has 0 atom stereocenters. The molecule has 5 nitrogen and oxygen atoms in total. The van der Waals surface area contributed by atoms with Crippen molar-refractivity contribution in [2.45, 2.75) is 19.3 Å². The Balaban J connectivity index is 2.71. The standard InChI is InChI=1S/C13H16FNO4/c1-19-13(18)9-5-6-10(14)11(8-9)15-12(17)4-2-3-7-16/h5-6,8,16H,2-4,7H2,1H3,(H,15,17). The van der Waals surface area contributed by atoms with Gasteiger partial charge in [0.25, 0.3) is 0 Å². The van der Waals surface area contributed by atoms with Crippen LogP contribution in [0.15, 0.2) is 18.2 Å². The first kappa shape index (κ1) is 15.1. The van der Waals surface area contributed by atoms with E-state index < -0.39 is 11.8 Å². The van der Waals surface area contributed by atoms with Gasteiger partial charge in [0.15, 0.2) is 0 Å². The summed E-state index contributed by atoms with van der Waals surface area (Å²) in [5.74, 6) is -1.59. The predicted molar refractivity (Wildman–Crippen MR) is 67.3 cm³/mol. The molecule has 2 N–H and O–H groups in total. The van der Waals surface area contributed by atoms with E-state index in [1.54, 1.807) is 0 Å². The zero-order valence-electron chi connectivity index (χ0n) is 10.6. The van der Waals surface area contributed by atoms with Crippen LogP contribution in [0.4, 0.5) is 10.1 Å². The summed E-state index contributed by atoms with van der Waals surface area (Å²) >= 11 is 0. The van der Waals surface area contributed by atoms with Gasteiger partial charge in [0.1, 0.15) is 5.82 Å². The molecule has 0 aliphatic carbocycles. The van der Waals surface area contributed by atoms with Crippen molar-refractivity contribution in [2.24, 2.45) is 0 Å². The molecule has 1 aromatic rings. The first-order chi connectivity index (χ1) is 9.08. The van der Waals surface area contributed by atoms with Gasteiger partial charge in [0, 0.05) is 13.0 Å². The molecular weight excluding hydrogens is 253 g/mol. The van der Waals surface area contributed by atoms with Crippen molar-refractivity contribution in [3.63, 3.8) is 0 Å². The fourth-order valence-electron chi connectivity index (χ4n) is 1.48. The van der Waals surface area contributed by atoms with Crippen molar-refractivity contribution in [1.82, 2.24) is 0 Å². The molecule has 19 heavy (non-hydrogen) atoms. The number of ether oxygens (including phenoxy) is 1. The van der Waals surface area contributed by atoms with E-state index in [-0.39, 0.29) is 30.2 Å². The van der Waals surface area contributed by atoms with Crippen molar-refractivity contribution in [3.8, 4) is 0 Å². The molecule has 0 saturated carbocycles. The number of nitrogens with one attached hydrogen (secondary N) is 1. The van der Waals surface area contributed by atoms with E-state index in [0.29, 0.717) is 12.8 Å². The van der Waals surface area contributed by atoms with Gasteiger partial charge in [-0.3, -0.25) is 4.79 Å². The minimum absolute atomic E-state index is 0.0134. The summed E-state index contributed by atoms with van der Waals surface area (Å²) in [5.41, 5.74) is 0.103. The summed E-state index contributed by atoms with van der Waals surface area (Å²) in [6.45, 7) is 0.0134. The Morgan fingerprint density at radius 2 is 2.11 bits per heavy atom. The van der Waals surface area contributed by atoms with Crippen LogP contribution in [0.2, 0.25) is 0 Å². The zero-order chi connectivity index (χ0) is 14.3. The molecule has 1 amide bonds. The Hall–Kier alpha value is -1.95. The van der Waals surface area contributed by atoms with E-state index in [9.17, 15) is 14.0 Å². The van der Waals surface area contributed by atoms with Gasteiger partial charge >= 0.3 is 5.97 Å². The highest BCUT2D eigenvalue weighted by Gasteiger charge is 2.11. The molecule has 0 radical (unpaired) electrons. The summed E-state index contributed by atoms with van der Waals surface area (Å²) in [6.07, 6.45) is 1.21. The van der Waals surface area contributed by atoms with Crippen LogP contribution < -0.4 is 5.32 Å². The lowest BCUT2D eigenvalue weighted by atomic mass is 10.2. The number of hydrogen-bond acceptors (Lipinski definition) is 4. The number of benzene rings is 1. The van der Waals surface area contributed by atoms with Crippen LogP contribution in [0.25, 0.3) is 0 Å². The molecule has 0 saturated heterocycles. The second-order valence-electron chi connectivity index (χ2n) is 3.92. The third kappa shape index (κ3) is 4.67. The minimum Gasteiger partial charge on any atom is -0.465 e. The Morgan fingerprint density at radius 3 is 2.74 bits per heavy atom. The maximum Gasteiger partial charge on any atom is 0.337 e. The van der Waals surface area contributed by atoms with Crippen molar-refractivity contribution < 1.29 is 23.8 Å². The molecule has 0 bridgehead atoms. The number of hydrogen-bond donors (Lipinski definition) is 2. The Morgan fingerprint density at radius 1 is 1.37 bits per heavy atom. The molecule has 0 spiro atoms. The van der Waals surface area contributed by atoms with Gasteiger partial charge in [-0.25, -0.2) is 9.18 Å². The topological polar surface area (TPSA) is 75.6 Å². The SMILES string of the molecule is COC(=O)c1ccc(F)c(NC(=O)CCCCO)c1. The Kier molecular flexibility index (Phi) is 5.95. The maximum absolute atomic E-state index is 13.5. The summed E-state index contributed by atoms with van der Waals surface area (Å²) in [5, 5.41) is 11.0. The van der Waals surface area contributed by atoms with Crippen LogP contribution in [0, 0.1) is 5.82 Å². The van der Waals surface area contributed by atoms with Crippen LogP contribution in [0.1, 0.15) is 29.6 Å². The number of rotatable bonds is 6. The van der Waals surface area contributed by atoms with Gasteiger partial charge < -0.3 is 15.2 Å². The smallest absolute Gasteiger partial charge is 0.337 e. The fourth-order valence-corrected chi connectivity index (χ4v) is 1.48. The lowest BCUT2D eigenvalue weighted by molar-refractivity contribution is -0.116. The molecule has 0 heterocycles. The molecule has 0 aliphatic heterocycles. The molecule has 6 heteroatoms. The third-order valence-corrected chi connectivity index (χ3v) is 2.47. The van der Waals surface area contributed by atoms with Crippen LogP contribution in [-0.2, 0) is 9.53 Å². The fraction of sp³-hybridized carbons (Fsp3) is 0.385. The van der Waals surface area contributed by atoms with E-state index in [4.69, 9.17) is 5.11 Å². The number of anilines is 1. The van der Waals surface area contributed by atoms with Gasteiger partial charge in [-0.1, -0.05) is 0 Å². The lowest BCUT2D eigenvalue weighted by Crippen LogP contribution is -2.13. The second kappa shape index (κ2) is 7.48. The van der Waals surface area contributed by atoms with Crippen LogP contribution in [0.3, 0.4) is 0 Å². The van der Waals surface area contributed by atoms with E-state index in [1.807, 2.05) is 0 Å². The normalized spacial score (nSPS) is 10.1. The van der Waals surface area contributed by atoms with Crippen LogP contribution in [0.5, 0.6) is 0 Å². The maximum atomic E-state index is 13.5. The van der Waals surface area contributed by atoms with E-state index in [1.165, 1.54) is 19.2 Å². The lowest BCUT2D eigenvalue weighted by Gasteiger charge is -2.08. The van der Waals surface area contributed by atoms with Crippen LogP contribution in [-0.4, -0.2) is 30.7 Å². The molecule has 1 rings (SSSR count). The number of carbonyl (C=O) groups excluding carboxylic acids is 2. The summed E-state index contributed by atoms with van der Waals surface area (Å²) in [7, 11) is 1.22. The number of amides is 1. The number of methoxy groups -OCH3 is 1. The molecular formula is C13H16FNO4. The average molecular weight is 269 g/mol. The Bertz CT molecular complexity index is 462.